The first kappa shape index (κ1) is 9.99. The first-order valence-electron chi connectivity index (χ1n) is 4.47. The maximum absolute atomic E-state index is 5.66. The van der Waals surface area contributed by atoms with Crippen LogP contribution in [0, 0.1) is 0 Å². The number of aryl methyl sites for hydroxylation is 1. The predicted octanol–water partition coefficient (Wildman–Crippen LogP) is 1.37. The Bertz CT molecular complexity index is 261. The molecule has 72 valence electrons. The van der Waals surface area contributed by atoms with E-state index in [1.807, 2.05) is 19.1 Å². The molecule has 0 saturated carbocycles. The first-order chi connectivity index (χ1) is 6.22. The third-order valence-electron chi connectivity index (χ3n) is 1.90. The molecule has 2 N–H and O–H groups in total. The summed E-state index contributed by atoms with van der Waals surface area (Å²) in [5, 5.41) is 0. The number of ether oxygens (including phenoxy) is 1. The maximum atomic E-state index is 5.66. The van der Waals surface area contributed by atoms with Gasteiger partial charge in [0, 0.05) is 18.3 Å². The number of hydrogen-bond acceptors (Lipinski definition) is 3. The molecule has 0 radical (unpaired) electrons. The molecule has 3 heteroatoms. The van der Waals surface area contributed by atoms with Gasteiger partial charge in [0.1, 0.15) is 0 Å². The summed E-state index contributed by atoms with van der Waals surface area (Å²) in [5.74, 6) is 0.669. The van der Waals surface area contributed by atoms with Crippen molar-refractivity contribution in [3.05, 3.63) is 23.9 Å². The Balaban J connectivity index is 2.56. The fourth-order valence-electron chi connectivity index (χ4n) is 1.11. The van der Waals surface area contributed by atoms with E-state index in [0.29, 0.717) is 5.88 Å². The standard InChI is InChI=1S/C10H16N2O/c1-8(11)3-4-9-5-6-12-10(7-9)13-2/h5-8H,3-4,11H2,1-2H3. The van der Waals surface area contributed by atoms with Crippen LogP contribution in [0.25, 0.3) is 0 Å². The van der Waals surface area contributed by atoms with E-state index < -0.39 is 0 Å². The van der Waals surface area contributed by atoms with Crippen LogP contribution in [0.15, 0.2) is 18.3 Å². The van der Waals surface area contributed by atoms with E-state index in [1.165, 1.54) is 5.56 Å². The average molecular weight is 180 g/mol. The van der Waals surface area contributed by atoms with E-state index in [9.17, 15) is 0 Å². The van der Waals surface area contributed by atoms with Crippen molar-refractivity contribution in [3.8, 4) is 5.88 Å². The average Bonchev–Trinajstić information content (AvgIpc) is 2.15. The van der Waals surface area contributed by atoms with Gasteiger partial charge < -0.3 is 10.5 Å². The number of nitrogens with zero attached hydrogens (tertiary/aromatic N) is 1. The quantitative estimate of drug-likeness (QED) is 0.761. The van der Waals surface area contributed by atoms with Gasteiger partial charge in [-0.15, -0.1) is 0 Å². The lowest BCUT2D eigenvalue weighted by molar-refractivity contribution is 0.397. The number of hydrogen-bond donors (Lipinski definition) is 1. The molecule has 1 rings (SSSR count). The third kappa shape index (κ3) is 3.42. The Kier molecular flexibility index (Phi) is 3.71. The molecule has 0 aliphatic rings. The summed E-state index contributed by atoms with van der Waals surface area (Å²) in [5.41, 5.74) is 6.89. The van der Waals surface area contributed by atoms with Crippen LogP contribution in [0.1, 0.15) is 18.9 Å². The number of methoxy groups -OCH3 is 1. The van der Waals surface area contributed by atoms with Gasteiger partial charge in [-0.3, -0.25) is 0 Å². The summed E-state index contributed by atoms with van der Waals surface area (Å²) in [4.78, 5) is 4.03. The lowest BCUT2D eigenvalue weighted by Gasteiger charge is -2.05. The highest BCUT2D eigenvalue weighted by Crippen LogP contribution is 2.10. The van der Waals surface area contributed by atoms with Crippen molar-refractivity contribution >= 4 is 0 Å². The van der Waals surface area contributed by atoms with Gasteiger partial charge in [0.05, 0.1) is 7.11 Å². The molecule has 0 spiro atoms. The van der Waals surface area contributed by atoms with Crippen LogP contribution in [0.3, 0.4) is 0 Å². The van der Waals surface area contributed by atoms with Gasteiger partial charge in [0.2, 0.25) is 5.88 Å². The lowest BCUT2D eigenvalue weighted by Crippen LogP contribution is -2.15. The molecule has 1 aromatic rings. The minimum absolute atomic E-state index is 0.249. The highest BCUT2D eigenvalue weighted by molar-refractivity contribution is 5.20. The van der Waals surface area contributed by atoms with Crippen LogP contribution < -0.4 is 10.5 Å². The smallest absolute Gasteiger partial charge is 0.213 e. The van der Waals surface area contributed by atoms with Crippen molar-refractivity contribution in [2.75, 3.05) is 7.11 Å². The second-order valence-corrected chi connectivity index (χ2v) is 3.22. The fourth-order valence-corrected chi connectivity index (χ4v) is 1.11. The van der Waals surface area contributed by atoms with E-state index in [4.69, 9.17) is 10.5 Å². The summed E-state index contributed by atoms with van der Waals surface area (Å²) >= 11 is 0. The number of pyridine rings is 1. The number of rotatable bonds is 4. The van der Waals surface area contributed by atoms with Crippen molar-refractivity contribution in [1.82, 2.24) is 4.98 Å². The maximum Gasteiger partial charge on any atom is 0.213 e. The molecular weight excluding hydrogens is 164 g/mol. The zero-order valence-corrected chi connectivity index (χ0v) is 8.16. The largest absolute Gasteiger partial charge is 0.481 e. The van der Waals surface area contributed by atoms with Crippen molar-refractivity contribution in [2.45, 2.75) is 25.8 Å². The second-order valence-electron chi connectivity index (χ2n) is 3.22. The van der Waals surface area contributed by atoms with Crippen LogP contribution in [-0.4, -0.2) is 18.1 Å². The Morgan fingerprint density at radius 2 is 2.38 bits per heavy atom. The van der Waals surface area contributed by atoms with Gasteiger partial charge in [0.15, 0.2) is 0 Å². The summed E-state index contributed by atoms with van der Waals surface area (Å²) in [6.45, 7) is 2.01. The molecule has 1 atom stereocenters. The van der Waals surface area contributed by atoms with Gasteiger partial charge in [0.25, 0.3) is 0 Å². The normalized spacial score (nSPS) is 12.5. The molecule has 3 nitrogen and oxygen atoms in total. The van der Waals surface area contributed by atoms with E-state index in [-0.39, 0.29) is 6.04 Å². The van der Waals surface area contributed by atoms with Crippen LogP contribution in [0.4, 0.5) is 0 Å². The summed E-state index contributed by atoms with van der Waals surface area (Å²) in [6, 6.07) is 4.19. The fraction of sp³-hybridized carbons (Fsp3) is 0.500. The molecule has 0 amide bonds. The highest BCUT2D eigenvalue weighted by Gasteiger charge is 1.98. The Morgan fingerprint density at radius 1 is 1.62 bits per heavy atom. The van der Waals surface area contributed by atoms with Crippen molar-refractivity contribution in [2.24, 2.45) is 5.73 Å². The molecule has 0 aliphatic heterocycles. The van der Waals surface area contributed by atoms with Crippen molar-refractivity contribution in [1.29, 1.82) is 0 Å². The van der Waals surface area contributed by atoms with Crippen molar-refractivity contribution < 1.29 is 4.74 Å². The molecule has 0 aromatic carbocycles. The van der Waals surface area contributed by atoms with Gasteiger partial charge in [-0.05, 0) is 31.4 Å². The second kappa shape index (κ2) is 4.82. The van der Waals surface area contributed by atoms with Crippen LogP contribution in [0.5, 0.6) is 5.88 Å². The predicted molar refractivity (Wildman–Crippen MR) is 52.8 cm³/mol. The summed E-state index contributed by atoms with van der Waals surface area (Å²) in [6.07, 6.45) is 3.74. The Hall–Kier alpha value is -1.09. The topological polar surface area (TPSA) is 48.1 Å². The SMILES string of the molecule is COc1cc(CCC(C)N)ccn1. The monoisotopic (exact) mass is 180 g/mol. The molecule has 1 unspecified atom stereocenters. The van der Waals surface area contributed by atoms with E-state index >= 15 is 0 Å². The summed E-state index contributed by atoms with van der Waals surface area (Å²) in [7, 11) is 1.62. The van der Waals surface area contributed by atoms with Crippen LogP contribution in [-0.2, 0) is 6.42 Å². The molecule has 0 fully saturated rings. The van der Waals surface area contributed by atoms with Crippen LogP contribution >= 0.6 is 0 Å². The third-order valence-corrected chi connectivity index (χ3v) is 1.90. The van der Waals surface area contributed by atoms with Crippen LogP contribution in [0.2, 0.25) is 0 Å². The minimum Gasteiger partial charge on any atom is -0.481 e. The molecule has 0 saturated heterocycles. The molecule has 0 aliphatic carbocycles. The highest BCUT2D eigenvalue weighted by atomic mass is 16.5. The molecule has 1 heterocycles. The number of nitrogens with two attached hydrogens (primary N) is 1. The van der Waals surface area contributed by atoms with E-state index in [0.717, 1.165) is 12.8 Å². The number of aromatic nitrogens is 1. The molecule has 13 heavy (non-hydrogen) atoms. The lowest BCUT2D eigenvalue weighted by atomic mass is 10.1. The summed E-state index contributed by atoms with van der Waals surface area (Å²) < 4.78 is 5.02. The van der Waals surface area contributed by atoms with Gasteiger partial charge >= 0.3 is 0 Å². The van der Waals surface area contributed by atoms with Crippen molar-refractivity contribution in [3.63, 3.8) is 0 Å². The zero-order chi connectivity index (χ0) is 9.68. The Morgan fingerprint density at radius 3 is 3.00 bits per heavy atom. The first-order valence-corrected chi connectivity index (χ1v) is 4.47. The minimum atomic E-state index is 0.249. The van der Waals surface area contributed by atoms with E-state index in [2.05, 4.69) is 4.98 Å². The zero-order valence-electron chi connectivity index (χ0n) is 8.16. The van der Waals surface area contributed by atoms with E-state index in [1.54, 1.807) is 13.3 Å². The molecule has 1 aromatic heterocycles. The molecule has 0 bridgehead atoms. The molecular formula is C10H16N2O. The Labute approximate surface area is 78.9 Å². The van der Waals surface area contributed by atoms with Gasteiger partial charge in [-0.2, -0.15) is 0 Å². The van der Waals surface area contributed by atoms with Gasteiger partial charge in [-0.25, -0.2) is 4.98 Å². The van der Waals surface area contributed by atoms with Gasteiger partial charge in [-0.1, -0.05) is 0 Å².